The van der Waals surface area contributed by atoms with Crippen molar-refractivity contribution in [1.82, 2.24) is 0 Å². The third kappa shape index (κ3) is 3.61. The number of halogens is 5. The summed E-state index contributed by atoms with van der Waals surface area (Å²) in [6.07, 6.45) is -1.60. The Balaban J connectivity index is 2.81. The monoisotopic (exact) mass is 254 g/mol. The molecule has 0 N–H and O–H groups in total. The van der Waals surface area contributed by atoms with Crippen molar-refractivity contribution in [3.05, 3.63) is 35.9 Å². The van der Waals surface area contributed by atoms with Crippen LogP contribution in [0.3, 0.4) is 0 Å². The van der Waals surface area contributed by atoms with Crippen LogP contribution in [0.1, 0.15) is 0 Å². The second-order valence-corrected chi connectivity index (χ2v) is 2.75. The van der Waals surface area contributed by atoms with E-state index in [1.165, 1.54) is 0 Å². The summed E-state index contributed by atoms with van der Waals surface area (Å²) < 4.78 is 70.0. The Hall–Kier alpha value is -1.79. The molecular weight excluding hydrogens is 247 g/mol. The van der Waals surface area contributed by atoms with E-state index < -0.39 is 42.7 Å². The highest BCUT2D eigenvalue weighted by Gasteiger charge is 2.15. The van der Waals surface area contributed by atoms with Gasteiger partial charge in [-0.1, -0.05) is 0 Å². The van der Waals surface area contributed by atoms with Gasteiger partial charge in [0, 0.05) is 6.08 Å². The van der Waals surface area contributed by atoms with Crippen LogP contribution in [0.4, 0.5) is 22.0 Å². The van der Waals surface area contributed by atoms with E-state index in [1.54, 1.807) is 0 Å². The summed E-state index contributed by atoms with van der Waals surface area (Å²) in [7, 11) is 0. The molecule has 1 rings (SSSR count). The topological polar surface area (TPSA) is 18.5 Å². The molecule has 0 saturated heterocycles. The Bertz CT molecular complexity index is 415. The maximum atomic E-state index is 13.2. The Morgan fingerprint density at radius 2 is 1.59 bits per heavy atom. The molecule has 0 radical (unpaired) electrons. The second kappa shape index (κ2) is 6.07. The molecule has 0 saturated carbocycles. The van der Waals surface area contributed by atoms with Crippen LogP contribution in [0.15, 0.2) is 24.3 Å². The molecule has 0 atom stereocenters. The number of rotatable bonds is 5. The van der Waals surface area contributed by atoms with Gasteiger partial charge in [-0.2, -0.15) is 17.6 Å². The zero-order valence-corrected chi connectivity index (χ0v) is 8.35. The number of benzene rings is 1. The van der Waals surface area contributed by atoms with Crippen molar-refractivity contribution >= 4 is 0 Å². The average Bonchev–Trinajstić information content (AvgIpc) is 2.28. The molecule has 0 amide bonds. The lowest BCUT2D eigenvalue weighted by atomic mass is 10.3. The molecule has 1 aromatic carbocycles. The first kappa shape index (κ1) is 13.3. The molecule has 2 nitrogen and oxygen atoms in total. The van der Waals surface area contributed by atoms with Crippen LogP contribution in [-0.2, 0) is 0 Å². The number of ether oxygens (including phenoxy) is 2. The maximum Gasteiger partial charge on any atom is 0.269 e. The minimum absolute atomic E-state index is 0.392. The fourth-order valence-corrected chi connectivity index (χ4v) is 0.990. The summed E-state index contributed by atoms with van der Waals surface area (Å²) in [6, 6.07) is 1.89. The van der Waals surface area contributed by atoms with Gasteiger partial charge in [0.1, 0.15) is 6.61 Å². The normalized spacial score (nSPS) is 9.94. The molecule has 17 heavy (non-hydrogen) atoms. The largest absolute Gasteiger partial charge is 0.486 e. The summed E-state index contributed by atoms with van der Waals surface area (Å²) in [5.41, 5.74) is 0. The van der Waals surface area contributed by atoms with Crippen LogP contribution in [-0.4, -0.2) is 13.5 Å². The molecule has 7 heteroatoms. The van der Waals surface area contributed by atoms with E-state index in [4.69, 9.17) is 0 Å². The van der Waals surface area contributed by atoms with Crippen molar-refractivity contribution < 1.29 is 31.4 Å². The zero-order chi connectivity index (χ0) is 12.8. The number of hydrogen-bond donors (Lipinski definition) is 0. The molecule has 0 bridgehead atoms. The molecule has 1 aromatic rings. The van der Waals surface area contributed by atoms with E-state index in [9.17, 15) is 22.0 Å². The third-order valence-electron chi connectivity index (χ3n) is 1.70. The van der Waals surface area contributed by atoms with Crippen molar-refractivity contribution in [1.29, 1.82) is 0 Å². The molecule has 0 aliphatic carbocycles. The summed E-state index contributed by atoms with van der Waals surface area (Å²) in [4.78, 5) is 0. The molecule has 0 heterocycles. The van der Waals surface area contributed by atoms with Crippen LogP contribution in [0.2, 0.25) is 0 Å². The van der Waals surface area contributed by atoms with Crippen molar-refractivity contribution in [2.45, 2.75) is 0 Å². The molecule has 0 fully saturated rings. The quantitative estimate of drug-likeness (QED) is 0.749. The summed E-state index contributed by atoms with van der Waals surface area (Å²) in [5.74, 6) is -4.05. The van der Waals surface area contributed by atoms with Gasteiger partial charge in [-0.25, -0.2) is 4.39 Å². The predicted molar refractivity (Wildman–Crippen MR) is 48.8 cm³/mol. The lowest BCUT2D eigenvalue weighted by molar-refractivity contribution is 0.181. The zero-order valence-electron chi connectivity index (χ0n) is 8.35. The van der Waals surface area contributed by atoms with Crippen LogP contribution in [0.5, 0.6) is 11.5 Å². The van der Waals surface area contributed by atoms with Crippen molar-refractivity contribution in [3.63, 3.8) is 0 Å². The Morgan fingerprint density at radius 1 is 1.06 bits per heavy atom. The molecule has 0 aromatic heterocycles. The van der Waals surface area contributed by atoms with Crippen LogP contribution in [0, 0.1) is 11.6 Å². The molecule has 0 aliphatic rings. The summed E-state index contributed by atoms with van der Waals surface area (Å²) in [5, 5.41) is 0. The summed E-state index contributed by atoms with van der Waals surface area (Å²) in [6.45, 7) is -1.92. The van der Waals surface area contributed by atoms with E-state index in [0.717, 1.165) is 12.1 Å². The average molecular weight is 254 g/mol. The SMILES string of the molecule is FCOc1ccc(OCC=C(F)F)c(F)c1F. The van der Waals surface area contributed by atoms with Crippen molar-refractivity contribution in [3.8, 4) is 11.5 Å². The van der Waals surface area contributed by atoms with E-state index in [0.29, 0.717) is 6.08 Å². The van der Waals surface area contributed by atoms with Gasteiger partial charge in [-0.3, -0.25) is 0 Å². The van der Waals surface area contributed by atoms with Crippen LogP contribution in [0.25, 0.3) is 0 Å². The first-order chi connectivity index (χ1) is 8.06. The highest BCUT2D eigenvalue weighted by molar-refractivity contribution is 5.35. The van der Waals surface area contributed by atoms with E-state index in [1.807, 2.05) is 0 Å². The minimum atomic E-state index is -2.00. The van der Waals surface area contributed by atoms with Gasteiger partial charge in [-0.15, -0.1) is 0 Å². The van der Waals surface area contributed by atoms with Gasteiger partial charge in [0.05, 0.1) is 0 Å². The summed E-state index contributed by atoms with van der Waals surface area (Å²) >= 11 is 0. The van der Waals surface area contributed by atoms with Gasteiger partial charge in [-0.05, 0) is 12.1 Å². The Labute approximate surface area is 93.3 Å². The van der Waals surface area contributed by atoms with Crippen LogP contribution < -0.4 is 9.47 Å². The second-order valence-electron chi connectivity index (χ2n) is 2.75. The van der Waals surface area contributed by atoms with Crippen molar-refractivity contribution in [2.24, 2.45) is 0 Å². The van der Waals surface area contributed by atoms with Crippen molar-refractivity contribution in [2.75, 3.05) is 13.5 Å². The standard InChI is InChI=1S/C10H7F5O2/c11-5-17-7-2-1-6(9(14)10(7)15)16-4-3-8(12)13/h1-3H,4-5H2. The minimum Gasteiger partial charge on any atom is -0.486 e. The smallest absolute Gasteiger partial charge is 0.269 e. The highest BCUT2D eigenvalue weighted by Crippen LogP contribution is 2.27. The molecule has 0 unspecified atom stereocenters. The van der Waals surface area contributed by atoms with Gasteiger partial charge in [0.25, 0.3) is 6.08 Å². The van der Waals surface area contributed by atoms with E-state index >= 15 is 0 Å². The first-order valence-corrected chi connectivity index (χ1v) is 4.37. The van der Waals surface area contributed by atoms with Gasteiger partial charge in [0.2, 0.25) is 18.5 Å². The van der Waals surface area contributed by atoms with Gasteiger partial charge >= 0.3 is 0 Å². The molecule has 0 aliphatic heterocycles. The van der Waals surface area contributed by atoms with E-state index in [-0.39, 0.29) is 0 Å². The molecule has 94 valence electrons. The first-order valence-electron chi connectivity index (χ1n) is 4.37. The lowest BCUT2D eigenvalue weighted by Gasteiger charge is -2.08. The van der Waals surface area contributed by atoms with Gasteiger partial charge < -0.3 is 9.47 Å². The lowest BCUT2D eigenvalue weighted by Crippen LogP contribution is -2.01. The Kier molecular flexibility index (Phi) is 4.74. The van der Waals surface area contributed by atoms with Crippen LogP contribution >= 0.6 is 0 Å². The maximum absolute atomic E-state index is 13.2. The fraction of sp³-hybridized carbons (Fsp3) is 0.200. The predicted octanol–water partition coefficient (Wildman–Crippen LogP) is 3.43. The van der Waals surface area contributed by atoms with E-state index in [2.05, 4.69) is 9.47 Å². The molecule has 0 spiro atoms. The molecular formula is C10H7F5O2. The third-order valence-corrected chi connectivity index (χ3v) is 1.70. The number of alkyl halides is 1. The Morgan fingerprint density at radius 3 is 2.06 bits per heavy atom. The van der Waals surface area contributed by atoms with Gasteiger partial charge in [0.15, 0.2) is 11.5 Å². The highest BCUT2D eigenvalue weighted by atomic mass is 19.3. The fourth-order valence-electron chi connectivity index (χ4n) is 0.990. The number of hydrogen-bond acceptors (Lipinski definition) is 2.